The molecule has 0 atom stereocenters. The van der Waals surface area contributed by atoms with Crippen LogP contribution in [-0.2, 0) is 19.6 Å². The van der Waals surface area contributed by atoms with E-state index in [-0.39, 0.29) is 18.0 Å². The fourth-order valence-corrected chi connectivity index (χ4v) is 3.78. The number of benzene rings is 1. The average Bonchev–Trinajstić information content (AvgIpc) is 3.03. The van der Waals surface area contributed by atoms with E-state index in [1.807, 2.05) is 0 Å². The van der Waals surface area contributed by atoms with Crippen molar-refractivity contribution in [3.8, 4) is 0 Å². The van der Waals surface area contributed by atoms with Gasteiger partial charge in [-0.25, -0.2) is 13.1 Å². The summed E-state index contributed by atoms with van der Waals surface area (Å²) in [7, 11) is -3.63. The molecule has 0 bridgehead atoms. The quantitative estimate of drug-likeness (QED) is 0.500. The van der Waals surface area contributed by atoms with Crippen molar-refractivity contribution in [2.75, 3.05) is 13.1 Å². The van der Waals surface area contributed by atoms with Crippen LogP contribution in [0.25, 0.3) is 0 Å². The molecule has 1 aliphatic carbocycles. The van der Waals surface area contributed by atoms with Crippen LogP contribution in [0.2, 0.25) is 0 Å². The van der Waals surface area contributed by atoms with Crippen LogP contribution in [0.4, 0.5) is 0 Å². The number of rotatable bonds is 7. The summed E-state index contributed by atoms with van der Waals surface area (Å²) in [4.78, 5) is 23.6. The third-order valence-electron chi connectivity index (χ3n) is 4.06. The standard InChI is InChI=1S/C15H20N2O5S/c18-13(15(14(19)20)8-4-5-9-15)16-10-11-17-23(21,22)12-6-2-1-3-7-12/h1-3,6-7,17H,4-5,8-11H2,(H,16,18)(H,19,20). The molecule has 0 saturated heterocycles. The lowest BCUT2D eigenvalue weighted by Gasteiger charge is -2.22. The fourth-order valence-electron chi connectivity index (χ4n) is 2.73. The number of aliphatic carboxylic acids is 1. The number of amides is 1. The second-order valence-corrected chi connectivity index (χ2v) is 7.33. The van der Waals surface area contributed by atoms with Gasteiger partial charge in [0.2, 0.25) is 15.9 Å². The second kappa shape index (κ2) is 7.10. The summed E-state index contributed by atoms with van der Waals surface area (Å²) in [6.07, 6.45) is 2.06. The van der Waals surface area contributed by atoms with Crippen molar-refractivity contribution in [1.82, 2.24) is 10.0 Å². The van der Waals surface area contributed by atoms with Crippen LogP contribution in [-0.4, -0.2) is 38.5 Å². The number of carbonyl (C=O) groups excluding carboxylic acids is 1. The molecule has 0 radical (unpaired) electrons. The van der Waals surface area contributed by atoms with Crippen LogP contribution < -0.4 is 10.0 Å². The fraction of sp³-hybridized carbons (Fsp3) is 0.467. The maximum atomic E-state index is 12.1. The van der Waals surface area contributed by atoms with Gasteiger partial charge in [0.1, 0.15) is 5.41 Å². The molecule has 7 nitrogen and oxygen atoms in total. The number of carboxylic acid groups (broad SMARTS) is 1. The van der Waals surface area contributed by atoms with Crippen LogP contribution in [0.3, 0.4) is 0 Å². The molecule has 2 rings (SSSR count). The Hall–Kier alpha value is -1.93. The first-order chi connectivity index (χ1) is 10.9. The van der Waals surface area contributed by atoms with Gasteiger partial charge in [-0.05, 0) is 25.0 Å². The van der Waals surface area contributed by atoms with Crippen LogP contribution in [0.1, 0.15) is 25.7 Å². The van der Waals surface area contributed by atoms with E-state index in [2.05, 4.69) is 10.0 Å². The van der Waals surface area contributed by atoms with Gasteiger partial charge in [0.15, 0.2) is 0 Å². The predicted molar refractivity (Wildman–Crippen MR) is 83.2 cm³/mol. The molecule has 0 heterocycles. The van der Waals surface area contributed by atoms with Crippen molar-refractivity contribution >= 4 is 21.9 Å². The highest BCUT2D eigenvalue weighted by molar-refractivity contribution is 7.89. The molecule has 0 aliphatic heterocycles. The molecular weight excluding hydrogens is 320 g/mol. The Morgan fingerprint density at radius 1 is 1.09 bits per heavy atom. The van der Waals surface area contributed by atoms with E-state index in [4.69, 9.17) is 0 Å². The van der Waals surface area contributed by atoms with Gasteiger partial charge < -0.3 is 10.4 Å². The summed E-state index contributed by atoms with van der Waals surface area (Å²) in [6.45, 7) is 0.0403. The topological polar surface area (TPSA) is 113 Å². The Labute approximate surface area is 135 Å². The highest BCUT2D eigenvalue weighted by atomic mass is 32.2. The number of hydrogen-bond acceptors (Lipinski definition) is 4. The lowest BCUT2D eigenvalue weighted by atomic mass is 9.85. The minimum Gasteiger partial charge on any atom is -0.480 e. The molecule has 3 N–H and O–H groups in total. The van der Waals surface area contributed by atoms with E-state index in [0.717, 1.165) is 0 Å². The number of carboxylic acids is 1. The Morgan fingerprint density at radius 3 is 2.26 bits per heavy atom. The minimum absolute atomic E-state index is 0.00132. The average molecular weight is 340 g/mol. The van der Waals surface area contributed by atoms with Crippen LogP contribution in [0, 0.1) is 5.41 Å². The van der Waals surface area contributed by atoms with Gasteiger partial charge in [0.25, 0.3) is 0 Å². The number of nitrogens with one attached hydrogen (secondary N) is 2. The Morgan fingerprint density at radius 2 is 1.70 bits per heavy atom. The van der Waals surface area contributed by atoms with E-state index in [1.165, 1.54) is 12.1 Å². The SMILES string of the molecule is O=C(O)C1(C(=O)NCCNS(=O)(=O)c2ccccc2)CCCC1. The molecule has 1 aliphatic rings. The summed E-state index contributed by atoms with van der Waals surface area (Å²) < 4.78 is 26.3. The maximum absolute atomic E-state index is 12.1. The molecule has 126 valence electrons. The number of carbonyl (C=O) groups is 2. The first-order valence-electron chi connectivity index (χ1n) is 7.45. The zero-order valence-corrected chi connectivity index (χ0v) is 13.4. The van der Waals surface area contributed by atoms with E-state index in [9.17, 15) is 23.1 Å². The van der Waals surface area contributed by atoms with Gasteiger partial charge >= 0.3 is 5.97 Å². The monoisotopic (exact) mass is 340 g/mol. The van der Waals surface area contributed by atoms with E-state index < -0.39 is 27.3 Å². The second-order valence-electron chi connectivity index (χ2n) is 5.56. The lowest BCUT2D eigenvalue weighted by molar-refractivity contribution is -0.155. The molecular formula is C15H20N2O5S. The molecule has 1 amide bonds. The number of sulfonamides is 1. The van der Waals surface area contributed by atoms with Crippen molar-refractivity contribution in [2.24, 2.45) is 5.41 Å². The summed E-state index contributed by atoms with van der Waals surface area (Å²) >= 11 is 0. The first-order valence-corrected chi connectivity index (χ1v) is 8.93. The zero-order chi connectivity index (χ0) is 16.9. The molecule has 8 heteroatoms. The summed E-state index contributed by atoms with van der Waals surface area (Å²) in [5.74, 6) is -1.65. The zero-order valence-electron chi connectivity index (χ0n) is 12.6. The van der Waals surface area contributed by atoms with Crippen LogP contribution in [0.15, 0.2) is 35.2 Å². The molecule has 0 spiro atoms. The lowest BCUT2D eigenvalue weighted by Crippen LogP contribution is -2.46. The Balaban J connectivity index is 1.86. The van der Waals surface area contributed by atoms with Crippen molar-refractivity contribution in [2.45, 2.75) is 30.6 Å². The summed E-state index contributed by atoms with van der Waals surface area (Å²) in [5.41, 5.74) is -1.36. The first kappa shape index (κ1) is 17.4. The highest BCUT2D eigenvalue weighted by Crippen LogP contribution is 2.38. The summed E-state index contributed by atoms with van der Waals surface area (Å²) in [6, 6.07) is 7.89. The van der Waals surface area contributed by atoms with Gasteiger partial charge in [-0.15, -0.1) is 0 Å². The third kappa shape index (κ3) is 3.89. The molecule has 0 unspecified atom stereocenters. The molecule has 1 fully saturated rings. The van der Waals surface area contributed by atoms with Crippen molar-refractivity contribution in [3.05, 3.63) is 30.3 Å². The molecule has 1 saturated carbocycles. The van der Waals surface area contributed by atoms with Crippen molar-refractivity contribution < 1.29 is 23.1 Å². The molecule has 23 heavy (non-hydrogen) atoms. The Kier molecular flexibility index (Phi) is 5.38. The largest absolute Gasteiger partial charge is 0.480 e. The van der Waals surface area contributed by atoms with E-state index >= 15 is 0 Å². The van der Waals surface area contributed by atoms with E-state index in [0.29, 0.717) is 25.7 Å². The minimum atomic E-state index is -3.63. The molecule has 0 aromatic heterocycles. The van der Waals surface area contributed by atoms with Crippen LogP contribution >= 0.6 is 0 Å². The van der Waals surface area contributed by atoms with Gasteiger partial charge in [-0.1, -0.05) is 31.0 Å². The van der Waals surface area contributed by atoms with E-state index in [1.54, 1.807) is 18.2 Å². The third-order valence-corrected chi connectivity index (χ3v) is 5.53. The van der Waals surface area contributed by atoms with Crippen molar-refractivity contribution in [1.29, 1.82) is 0 Å². The van der Waals surface area contributed by atoms with Crippen molar-refractivity contribution in [3.63, 3.8) is 0 Å². The molecule has 1 aromatic rings. The predicted octanol–water partition coefficient (Wildman–Crippen LogP) is 0.726. The van der Waals surface area contributed by atoms with Gasteiger partial charge in [0.05, 0.1) is 4.90 Å². The van der Waals surface area contributed by atoms with Crippen LogP contribution in [0.5, 0.6) is 0 Å². The van der Waals surface area contributed by atoms with Gasteiger partial charge in [-0.3, -0.25) is 9.59 Å². The number of hydrogen-bond donors (Lipinski definition) is 3. The summed E-state index contributed by atoms with van der Waals surface area (Å²) in [5, 5.41) is 11.8. The van der Waals surface area contributed by atoms with Gasteiger partial charge in [-0.2, -0.15) is 0 Å². The maximum Gasteiger partial charge on any atom is 0.319 e. The smallest absolute Gasteiger partial charge is 0.319 e. The normalized spacial score (nSPS) is 16.9. The molecule has 1 aromatic carbocycles. The Bertz CT molecular complexity index is 666. The van der Waals surface area contributed by atoms with Gasteiger partial charge in [0, 0.05) is 13.1 Å². The highest BCUT2D eigenvalue weighted by Gasteiger charge is 2.47.